The minimum atomic E-state index is -1.31. The van der Waals surface area contributed by atoms with Gasteiger partial charge in [0.25, 0.3) is 0 Å². The van der Waals surface area contributed by atoms with E-state index in [1.54, 1.807) is 27.9 Å². The standard InChI is InChI=1S/C17H30O7/c1-16(2,3)23-14(18)13(12-22-10-9-21-4)11-17(24-15(19)20)7-5-6-8-17/h13H,5-12H2,1-4H3,(H,19,20). The summed E-state index contributed by atoms with van der Waals surface area (Å²) in [6.07, 6.45) is 1.99. The van der Waals surface area contributed by atoms with Crippen LogP contribution in [0.5, 0.6) is 0 Å². The average Bonchev–Trinajstić information content (AvgIpc) is 2.88. The van der Waals surface area contributed by atoms with Gasteiger partial charge in [0.1, 0.15) is 11.2 Å². The fourth-order valence-electron chi connectivity index (χ4n) is 2.96. The van der Waals surface area contributed by atoms with E-state index in [2.05, 4.69) is 0 Å². The van der Waals surface area contributed by atoms with E-state index in [1.807, 2.05) is 0 Å². The molecule has 7 heteroatoms. The number of ether oxygens (including phenoxy) is 4. The fraction of sp³-hybridized carbons (Fsp3) is 0.882. The molecule has 1 unspecified atom stereocenters. The highest BCUT2D eigenvalue weighted by Gasteiger charge is 2.42. The molecule has 0 amide bonds. The predicted octanol–water partition coefficient (Wildman–Crippen LogP) is 3.00. The number of carbonyl (C=O) groups is 2. The average molecular weight is 346 g/mol. The molecule has 140 valence electrons. The van der Waals surface area contributed by atoms with Gasteiger partial charge in [0.2, 0.25) is 0 Å². The van der Waals surface area contributed by atoms with Gasteiger partial charge >= 0.3 is 12.1 Å². The maximum absolute atomic E-state index is 12.5. The number of hydrogen-bond acceptors (Lipinski definition) is 6. The summed E-state index contributed by atoms with van der Waals surface area (Å²) in [5.74, 6) is -0.960. The third kappa shape index (κ3) is 7.49. The SMILES string of the molecule is COCCOCC(CC1(OC(=O)O)CCCC1)C(=O)OC(C)(C)C. The summed E-state index contributed by atoms with van der Waals surface area (Å²) >= 11 is 0. The van der Waals surface area contributed by atoms with Gasteiger partial charge in [-0.25, -0.2) is 4.79 Å². The molecule has 0 radical (unpaired) electrons. The lowest BCUT2D eigenvalue weighted by atomic mass is 9.89. The molecule has 1 aliphatic rings. The largest absolute Gasteiger partial charge is 0.506 e. The molecular weight excluding hydrogens is 316 g/mol. The lowest BCUT2D eigenvalue weighted by Gasteiger charge is -2.32. The van der Waals surface area contributed by atoms with E-state index >= 15 is 0 Å². The predicted molar refractivity (Wildman–Crippen MR) is 87.0 cm³/mol. The summed E-state index contributed by atoms with van der Waals surface area (Å²) < 4.78 is 21.1. The van der Waals surface area contributed by atoms with Gasteiger partial charge < -0.3 is 24.1 Å². The zero-order chi connectivity index (χ0) is 18.2. The highest BCUT2D eigenvalue weighted by molar-refractivity contribution is 5.73. The highest BCUT2D eigenvalue weighted by atomic mass is 16.7. The minimum absolute atomic E-state index is 0.156. The van der Waals surface area contributed by atoms with E-state index < -0.39 is 23.3 Å². The quantitative estimate of drug-likeness (QED) is 0.507. The third-order valence-electron chi connectivity index (χ3n) is 3.93. The van der Waals surface area contributed by atoms with E-state index in [4.69, 9.17) is 24.1 Å². The van der Waals surface area contributed by atoms with Crippen molar-refractivity contribution in [2.75, 3.05) is 26.9 Å². The van der Waals surface area contributed by atoms with Crippen LogP contribution >= 0.6 is 0 Å². The summed E-state index contributed by atoms with van der Waals surface area (Å²) in [6.45, 7) is 6.34. The van der Waals surface area contributed by atoms with Crippen LogP contribution in [0.4, 0.5) is 4.79 Å². The maximum Gasteiger partial charge on any atom is 0.506 e. The molecule has 1 N–H and O–H groups in total. The Bertz CT molecular complexity index is 408. The van der Waals surface area contributed by atoms with E-state index in [1.165, 1.54) is 0 Å². The molecule has 0 heterocycles. The first-order valence-electron chi connectivity index (χ1n) is 8.39. The Morgan fingerprint density at radius 1 is 1.17 bits per heavy atom. The van der Waals surface area contributed by atoms with E-state index in [0.717, 1.165) is 12.8 Å². The molecule has 0 aliphatic heterocycles. The van der Waals surface area contributed by atoms with Crippen LogP contribution in [0.1, 0.15) is 52.9 Å². The summed E-state index contributed by atoms with van der Waals surface area (Å²) in [7, 11) is 1.57. The summed E-state index contributed by atoms with van der Waals surface area (Å²) in [6, 6.07) is 0. The van der Waals surface area contributed by atoms with Crippen LogP contribution in [-0.2, 0) is 23.7 Å². The minimum Gasteiger partial charge on any atom is -0.460 e. The Labute approximate surface area is 143 Å². The molecular formula is C17H30O7. The molecule has 0 saturated heterocycles. The number of hydrogen-bond donors (Lipinski definition) is 1. The van der Waals surface area contributed by atoms with Gasteiger partial charge in [-0.3, -0.25) is 4.79 Å². The Balaban J connectivity index is 2.77. The Morgan fingerprint density at radius 3 is 2.29 bits per heavy atom. The molecule has 0 spiro atoms. The summed E-state index contributed by atoms with van der Waals surface area (Å²) in [4.78, 5) is 23.6. The van der Waals surface area contributed by atoms with Gasteiger partial charge in [-0.05, 0) is 46.5 Å². The topological polar surface area (TPSA) is 91.3 Å². The van der Waals surface area contributed by atoms with Crippen LogP contribution in [0.2, 0.25) is 0 Å². The lowest BCUT2D eigenvalue weighted by Crippen LogP contribution is -2.39. The fourth-order valence-corrected chi connectivity index (χ4v) is 2.96. The van der Waals surface area contributed by atoms with Crippen molar-refractivity contribution in [3.05, 3.63) is 0 Å². The second-order valence-corrected chi connectivity index (χ2v) is 7.26. The van der Waals surface area contributed by atoms with Crippen LogP contribution < -0.4 is 0 Å². The van der Waals surface area contributed by atoms with Crippen LogP contribution in [0.25, 0.3) is 0 Å². The highest BCUT2D eigenvalue weighted by Crippen LogP contribution is 2.39. The van der Waals surface area contributed by atoms with Gasteiger partial charge in [0.15, 0.2) is 0 Å². The van der Waals surface area contributed by atoms with Crippen molar-refractivity contribution in [2.24, 2.45) is 5.92 Å². The lowest BCUT2D eigenvalue weighted by molar-refractivity contribution is -0.165. The monoisotopic (exact) mass is 346 g/mol. The number of esters is 1. The Hall–Kier alpha value is -1.34. The van der Waals surface area contributed by atoms with Crippen molar-refractivity contribution < 1.29 is 33.6 Å². The van der Waals surface area contributed by atoms with Gasteiger partial charge in [-0.2, -0.15) is 0 Å². The van der Waals surface area contributed by atoms with E-state index in [0.29, 0.717) is 26.1 Å². The van der Waals surface area contributed by atoms with Crippen molar-refractivity contribution in [2.45, 2.75) is 64.1 Å². The zero-order valence-electron chi connectivity index (χ0n) is 15.1. The first kappa shape index (κ1) is 20.7. The first-order valence-corrected chi connectivity index (χ1v) is 8.39. The molecule has 24 heavy (non-hydrogen) atoms. The van der Waals surface area contributed by atoms with Gasteiger partial charge in [0.05, 0.1) is 25.7 Å². The Morgan fingerprint density at radius 2 is 1.79 bits per heavy atom. The molecule has 0 bridgehead atoms. The van der Waals surface area contributed by atoms with Crippen LogP contribution in [0, 0.1) is 5.92 Å². The zero-order valence-corrected chi connectivity index (χ0v) is 15.1. The molecule has 1 fully saturated rings. The van der Waals surface area contributed by atoms with Gasteiger partial charge in [-0.1, -0.05) is 0 Å². The van der Waals surface area contributed by atoms with Gasteiger partial charge in [-0.15, -0.1) is 0 Å². The third-order valence-corrected chi connectivity index (χ3v) is 3.93. The molecule has 1 rings (SSSR count). The van der Waals surface area contributed by atoms with Crippen molar-refractivity contribution in [3.63, 3.8) is 0 Å². The molecule has 0 aromatic rings. The van der Waals surface area contributed by atoms with E-state index in [-0.39, 0.29) is 19.0 Å². The van der Waals surface area contributed by atoms with Crippen molar-refractivity contribution in [1.29, 1.82) is 0 Å². The van der Waals surface area contributed by atoms with E-state index in [9.17, 15) is 9.59 Å². The van der Waals surface area contributed by atoms with Crippen LogP contribution in [0.3, 0.4) is 0 Å². The molecule has 1 atom stereocenters. The van der Waals surface area contributed by atoms with Crippen LogP contribution in [-0.4, -0.2) is 55.4 Å². The van der Waals surface area contributed by atoms with Gasteiger partial charge in [0, 0.05) is 13.5 Å². The normalized spacial score (nSPS) is 18.2. The number of methoxy groups -OCH3 is 1. The number of carboxylic acid groups (broad SMARTS) is 1. The van der Waals surface area contributed by atoms with Crippen molar-refractivity contribution in [1.82, 2.24) is 0 Å². The second-order valence-electron chi connectivity index (χ2n) is 7.26. The summed E-state index contributed by atoms with van der Waals surface area (Å²) in [5, 5.41) is 9.04. The first-order chi connectivity index (χ1) is 11.2. The summed E-state index contributed by atoms with van der Waals surface area (Å²) in [5.41, 5.74) is -1.43. The molecule has 1 saturated carbocycles. The maximum atomic E-state index is 12.5. The smallest absolute Gasteiger partial charge is 0.460 e. The molecule has 1 aliphatic carbocycles. The Kier molecular flexibility index (Phi) is 7.96. The molecule has 0 aromatic carbocycles. The number of carbonyl (C=O) groups excluding carboxylic acids is 1. The second kappa shape index (κ2) is 9.22. The van der Waals surface area contributed by atoms with Crippen molar-refractivity contribution >= 4 is 12.1 Å². The van der Waals surface area contributed by atoms with Crippen molar-refractivity contribution in [3.8, 4) is 0 Å². The molecule has 7 nitrogen and oxygen atoms in total. The van der Waals surface area contributed by atoms with Crippen LogP contribution in [0.15, 0.2) is 0 Å². The number of rotatable bonds is 9. The molecule has 0 aromatic heterocycles.